The van der Waals surface area contributed by atoms with Gasteiger partial charge in [0.15, 0.2) is 17.2 Å². The summed E-state index contributed by atoms with van der Waals surface area (Å²) in [6, 6.07) is 0.274. The van der Waals surface area contributed by atoms with Crippen LogP contribution in [0.5, 0.6) is 0 Å². The second-order valence-corrected chi connectivity index (χ2v) is 2.44. The van der Waals surface area contributed by atoms with Gasteiger partial charge in [0.25, 0.3) is 0 Å². The zero-order chi connectivity index (χ0) is 9.59. The minimum atomic E-state index is -1.40. The van der Waals surface area contributed by atoms with Gasteiger partial charge in [0.1, 0.15) is 12.1 Å². The molecule has 0 aliphatic rings. The first-order valence-electron chi connectivity index (χ1n) is 3.31. The summed E-state index contributed by atoms with van der Waals surface area (Å²) in [6.07, 6.45) is 0.524. The molecule has 0 fully saturated rings. The lowest BCUT2D eigenvalue weighted by molar-refractivity contribution is 0.481. The highest BCUT2D eigenvalue weighted by Gasteiger charge is 2.18. The molecule has 0 amide bonds. The van der Waals surface area contributed by atoms with E-state index in [2.05, 4.69) is 4.42 Å². The van der Waals surface area contributed by atoms with Crippen molar-refractivity contribution in [2.75, 3.05) is 0 Å². The third kappa shape index (κ3) is 0.998. The van der Waals surface area contributed by atoms with Crippen LogP contribution in [0.1, 0.15) is 0 Å². The van der Waals surface area contributed by atoms with E-state index in [1.165, 1.54) is 0 Å². The Morgan fingerprint density at radius 3 is 2.31 bits per heavy atom. The Morgan fingerprint density at radius 2 is 1.62 bits per heavy atom. The lowest BCUT2D eigenvalue weighted by Crippen LogP contribution is -1.88. The number of hydrogen-bond acceptors (Lipinski definition) is 1. The molecule has 0 aliphatic carbocycles. The fraction of sp³-hybridized carbons (Fsp3) is 0. The maximum atomic E-state index is 12.8. The molecule has 1 nitrogen and oxygen atoms in total. The van der Waals surface area contributed by atoms with Crippen LogP contribution >= 0.6 is 0 Å². The fourth-order valence-electron chi connectivity index (χ4n) is 1.08. The Balaban J connectivity index is 2.99. The van der Waals surface area contributed by atoms with Crippen molar-refractivity contribution in [2.24, 2.45) is 0 Å². The van der Waals surface area contributed by atoms with Crippen LogP contribution in [-0.4, -0.2) is 0 Å². The maximum Gasteiger partial charge on any atom is 0.202 e. The minimum absolute atomic E-state index is 0.274. The Morgan fingerprint density at radius 1 is 0.923 bits per heavy atom. The van der Waals surface area contributed by atoms with Gasteiger partial charge < -0.3 is 4.42 Å². The van der Waals surface area contributed by atoms with Gasteiger partial charge in [-0.25, -0.2) is 13.2 Å². The second-order valence-electron chi connectivity index (χ2n) is 2.44. The van der Waals surface area contributed by atoms with Crippen LogP contribution in [0.4, 0.5) is 17.6 Å². The van der Waals surface area contributed by atoms with Gasteiger partial charge in [0, 0.05) is 6.07 Å². The summed E-state index contributed by atoms with van der Waals surface area (Å²) in [4.78, 5) is 0. The van der Waals surface area contributed by atoms with Crippen molar-refractivity contribution in [3.05, 3.63) is 35.6 Å². The zero-order valence-electron chi connectivity index (χ0n) is 6.07. The second kappa shape index (κ2) is 2.48. The number of hydrogen-bond donors (Lipinski definition) is 0. The molecule has 0 unspecified atom stereocenters. The third-order valence-electron chi connectivity index (χ3n) is 1.65. The average molecular weight is 190 g/mol. The molecule has 0 radical (unpaired) electrons. The molecule has 0 spiro atoms. The molecule has 0 saturated carbocycles. The molecule has 2 rings (SSSR count). The van der Waals surface area contributed by atoms with Gasteiger partial charge in [0.2, 0.25) is 5.82 Å². The van der Waals surface area contributed by atoms with Crippen molar-refractivity contribution < 1.29 is 22.0 Å². The topological polar surface area (TPSA) is 13.1 Å². The van der Waals surface area contributed by atoms with Crippen molar-refractivity contribution in [3.63, 3.8) is 0 Å². The van der Waals surface area contributed by atoms with E-state index in [4.69, 9.17) is 0 Å². The molecule has 0 atom stereocenters. The van der Waals surface area contributed by atoms with Crippen molar-refractivity contribution >= 4 is 11.0 Å². The Bertz CT molecular complexity index is 474. The number of rotatable bonds is 0. The van der Waals surface area contributed by atoms with E-state index in [1.54, 1.807) is 0 Å². The summed E-state index contributed by atoms with van der Waals surface area (Å²) in [6.45, 7) is 0. The minimum Gasteiger partial charge on any atom is -0.458 e. The van der Waals surface area contributed by atoms with Gasteiger partial charge in [-0.05, 0) is 0 Å². The smallest absolute Gasteiger partial charge is 0.202 e. The van der Waals surface area contributed by atoms with Gasteiger partial charge in [-0.2, -0.15) is 4.39 Å². The molecule has 0 N–H and O–H groups in total. The molecule has 13 heavy (non-hydrogen) atoms. The van der Waals surface area contributed by atoms with Gasteiger partial charge in [-0.15, -0.1) is 0 Å². The van der Waals surface area contributed by atoms with Crippen LogP contribution in [-0.2, 0) is 0 Å². The quantitative estimate of drug-likeness (QED) is 0.459. The molecular formula is C8H2F4O. The number of benzene rings is 1. The van der Waals surface area contributed by atoms with Crippen LogP contribution in [0.25, 0.3) is 11.0 Å². The highest BCUT2D eigenvalue weighted by Crippen LogP contribution is 2.26. The largest absolute Gasteiger partial charge is 0.458 e. The first-order chi connectivity index (χ1) is 6.11. The number of fused-ring (bicyclic) bond motifs is 1. The monoisotopic (exact) mass is 190 g/mol. The van der Waals surface area contributed by atoms with Gasteiger partial charge in [-0.1, -0.05) is 0 Å². The Hall–Kier alpha value is -1.52. The summed E-state index contributed by atoms with van der Waals surface area (Å²) < 4.78 is 55.1. The van der Waals surface area contributed by atoms with Crippen molar-refractivity contribution in [1.82, 2.24) is 0 Å². The SMILES string of the molecule is Fc1cc(F)c2c(F)coc2c1F. The summed E-state index contributed by atoms with van der Waals surface area (Å²) >= 11 is 0. The molecule has 0 bridgehead atoms. The first-order valence-corrected chi connectivity index (χ1v) is 3.31. The number of halogens is 4. The average Bonchev–Trinajstić information content (AvgIpc) is 2.44. The van der Waals surface area contributed by atoms with Crippen LogP contribution in [0, 0.1) is 23.3 Å². The van der Waals surface area contributed by atoms with E-state index in [0.29, 0.717) is 6.26 Å². The highest BCUT2D eigenvalue weighted by molar-refractivity contribution is 5.79. The summed E-state index contributed by atoms with van der Waals surface area (Å²) in [7, 11) is 0. The van der Waals surface area contributed by atoms with Crippen molar-refractivity contribution in [1.29, 1.82) is 0 Å². The predicted molar refractivity (Wildman–Crippen MR) is 36.0 cm³/mol. The van der Waals surface area contributed by atoms with E-state index in [-0.39, 0.29) is 6.07 Å². The molecule has 2 aromatic rings. The molecule has 68 valence electrons. The van der Waals surface area contributed by atoms with E-state index in [0.717, 1.165) is 0 Å². The summed E-state index contributed by atoms with van der Waals surface area (Å²) in [5.74, 6) is -5.02. The van der Waals surface area contributed by atoms with Crippen molar-refractivity contribution in [3.8, 4) is 0 Å². The highest BCUT2D eigenvalue weighted by atomic mass is 19.2. The Labute approximate surface area is 69.6 Å². The molecule has 5 heteroatoms. The summed E-state index contributed by atoms with van der Waals surface area (Å²) in [5.41, 5.74) is -0.741. The lowest BCUT2D eigenvalue weighted by Gasteiger charge is -1.94. The third-order valence-corrected chi connectivity index (χ3v) is 1.65. The van der Waals surface area contributed by atoms with Crippen LogP contribution < -0.4 is 0 Å². The van der Waals surface area contributed by atoms with Gasteiger partial charge in [-0.3, -0.25) is 0 Å². The van der Waals surface area contributed by atoms with Crippen molar-refractivity contribution in [2.45, 2.75) is 0 Å². The zero-order valence-corrected chi connectivity index (χ0v) is 6.07. The maximum absolute atomic E-state index is 12.8. The molecular weight excluding hydrogens is 188 g/mol. The molecule has 1 aromatic heterocycles. The van der Waals surface area contributed by atoms with Gasteiger partial charge >= 0.3 is 0 Å². The van der Waals surface area contributed by atoms with Gasteiger partial charge in [0.05, 0.1) is 5.39 Å². The van der Waals surface area contributed by atoms with E-state index in [9.17, 15) is 17.6 Å². The molecule has 0 aliphatic heterocycles. The predicted octanol–water partition coefficient (Wildman–Crippen LogP) is 2.99. The van der Waals surface area contributed by atoms with Crippen LogP contribution in [0.15, 0.2) is 16.7 Å². The van der Waals surface area contributed by atoms with Crippen LogP contribution in [0.2, 0.25) is 0 Å². The van der Waals surface area contributed by atoms with E-state index < -0.39 is 34.2 Å². The van der Waals surface area contributed by atoms with E-state index >= 15 is 0 Å². The standard InChI is InChI=1S/C8H2F4O/c9-3-1-4(10)7(12)8-6(3)5(11)2-13-8/h1-2H. The van der Waals surface area contributed by atoms with E-state index in [1.807, 2.05) is 0 Å². The fourth-order valence-corrected chi connectivity index (χ4v) is 1.08. The normalized spacial score (nSPS) is 11.1. The molecule has 1 heterocycles. The lowest BCUT2D eigenvalue weighted by atomic mass is 10.2. The Kier molecular flexibility index (Phi) is 1.55. The first kappa shape index (κ1) is 8.10. The molecule has 1 aromatic carbocycles. The van der Waals surface area contributed by atoms with Crippen LogP contribution in [0.3, 0.4) is 0 Å². The molecule has 0 saturated heterocycles. The summed E-state index contributed by atoms with van der Waals surface area (Å²) in [5, 5.41) is -0.668. The number of furan rings is 1.